The van der Waals surface area contributed by atoms with E-state index in [0.29, 0.717) is 17.8 Å². The number of rotatable bonds is 8. The largest absolute Gasteiger partial charge is 0.390 e. The van der Waals surface area contributed by atoms with Crippen molar-refractivity contribution in [2.24, 2.45) is 5.41 Å². The van der Waals surface area contributed by atoms with Crippen molar-refractivity contribution >= 4 is 27.3 Å². The Morgan fingerprint density at radius 2 is 1.88 bits per heavy atom. The first-order valence-electron chi connectivity index (χ1n) is 8.18. The van der Waals surface area contributed by atoms with Gasteiger partial charge in [-0.25, -0.2) is 4.98 Å². The molecule has 0 spiro atoms. The average Bonchev–Trinajstić information content (AvgIpc) is 2.99. The molecule has 0 aliphatic heterocycles. The van der Waals surface area contributed by atoms with Gasteiger partial charge in [0.2, 0.25) is 0 Å². The molecule has 4 N–H and O–H groups in total. The number of hydrogen-bond donors (Lipinski definition) is 4. The molecule has 0 aliphatic rings. The van der Waals surface area contributed by atoms with Gasteiger partial charge in [-0.3, -0.25) is 9.27 Å². The zero-order valence-corrected chi connectivity index (χ0v) is 16.7. The molecule has 144 valence electrons. The van der Waals surface area contributed by atoms with E-state index in [9.17, 15) is 13.5 Å². The molecular formula is C17H25N3O4S2. The van der Waals surface area contributed by atoms with Crippen LogP contribution in [0.25, 0.3) is 0 Å². The van der Waals surface area contributed by atoms with Gasteiger partial charge in [-0.2, -0.15) is 8.42 Å². The van der Waals surface area contributed by atoms with E-state index in [-0.39, 0.29) is 18.1 Å². The molecule has 1 aromatic heterocycles. The van der Waals surface area contributed by atoms with E-state index in [1.165, 1.54) is 11.3 Å². The van der Waals surface area contributed by atoms with E-state index in [4.69, 9.17) is 4.55 Å². The van der Waals surface area contributed by atoms with Gasteiger partial charge in [0, 0.05) is 11.9 Å². The number of hydrogen-bond acceptors (Lipinski definition) is 6. The summed E-state index contributed by atoms with van der Waals surface area (Å²) in [5, 5.41) is 15.5. The van der Waals surface area contributed by atoms with Gasteiger partial charge in [-0.1, -0.05) is 32.9 Å². The number of nitrogens with one attached hydrogen (secondary N) is 2. The van der Waals surface area contributed by atoms with Crippen LogP contribution in [0.5, 0.6) is 0 Å². The van der Waals surface area contributed by atoms with Crippen LogP contribution in [-0.4, -0.2) is 29.6 Å². The summed E-state index contributed by atoms with van der Waals surface area (Å²) < 4.78 is 32.6. The maximum atomic E-state index is 10.9. The van der Waals surface area contributed by atoms with Crippen LogP contribution in [0.2, 0.25) is 0 Å². The Hall–Kier alpha value is -1.52. The summed E-state index contributed by atoms with van der Waals surface area (Å²) in [6.07, 6.45) is 0.667. The second-order valence-corrected chi connectivity index (χ2v) is 9.35. The maximum absolute atomic E-state index is 10.9. The van der Waals surface area contributed by atoms with Gasteiger partial charge < -0.3 is 10.4 Å². The Morgan fingerprint density at radius 1 is 1.23 bits per heavy atom. The molecule has 1 aromatic carbocycles. The highest BCUT2D eigenvalue weighted by Gasteiger charge is 2.19. The molecule has 7 nitrogen and oxygen atoms in total. The van der Waals surface area contributed by atoms with Gasteiger partial charge in [-0.05, 0) is 29.5 Å². The lowest BCUT2D eigenvalue weighted by molar-refractivity contribution is 0.277. The molecular weight excluding hydrogens is 374 g/mol. The molecule has 26 heavy (non-hydrogen) atoms. The fraction of sp³-hybridized carbons (Fsp3) is 0.471. The standard InChI is InChI=1S/C17H25N3O4S2/c1-17(2,3)11-18-15(16-19-14(9-21)10-25-16)8-12-4-6-13(7-5-12)20-26(22,23)24/h4-7,10,15,18,20-21H,8-9,11H2,1-3H3,(H,22,23,24). The normalized spacial score (nSPS) is 13.6. The smallest absolute Gasteiger partial charge is 0.357 e. The molecule has 0 bridgehead atoms. The van der Waals surface area contributed by atoms with Crippen LogP contribution in [0.15, 0.2) is 29.6 Å². The molecule has 0 amide bonds. The third-order valence-electron chi connectivity index (χ3n) is 3.55. The van der Waals surface area contributed by atoms with E-state index in [0.717, 1.165) is 17.1 Å². The fourth-order valence-electron chi connectivity index (χ4n) is 2.32. The molecule has 0 fully saturated rings. The quantitative estimate of drug-likeness (QED) is 0.508. The molecule has 0 saturated carbocycles. The number of aromatic nitrogens is 1. The molecule has 1 atom stereocenters. The number of benzene rings is 1. The van der Waals surface area contributed by atoms with Gasteiger partial charge in [0.15, 0.2) is 0 Å². The Bertz CT molecular complexity index is 811. The van der Waals surface area contributed by atoms with Crippen molar-refractivity contribution in [1.82, 2.24) is 10.3 Å². The van der Waals surface area contributed by atoms with Gasteiger partial charge in [0.1, 0.15) is 5.01 Å². The van der Waals surface area contributed by atoms with Crippen LogP contribution in [0.1, 0.15) is 43.1 Å². The zero-order chi connectivity index (χ0) is 19.4. The van der Waals surface area contributed by atoms with E-state index in [1.54, 1.807) is 24.3 Å². The van der Waals surface area contributed by atoms with Crippen LogP contribution in [0.4, 0.5) is 5.69 Å². The average molecular weight is 400 g/mol. The third-order valence-corrected chi connectivity index (χ3v) is 5.05. The van der Waals surface area contributed by atoms with Gasteiger partial charge in [0.05, 0.1) is 24.0 Å². The van der Waals surface area contributed by atoms with E-state index in [2.05, 4.69) is 31.1 Å². The van der Waals surface area contributed by atoms with Crippen LogP contribution < -0.4 is 10.0 Å². The van der Waals surface area contributed by atoms with Crippen LogP contribution in [0, 0.1) is 5.41 Å². The lowest BCUT2D eigenvalue weighted by Crippen LogP contribution is -2.31. The Labute approximate surface area is 158 Å². The van der Waals surface area contributed by atoms with Crippen LogP contribution >= 0.6 is 11.3 Å². The summed E-state index contributed by atoms with van der Waals surface area (Å²) in [6.45, 7) is 7.15. The Kier molecular flexibility index (Phi) is 6.75. The molecule has 0 radical (unpaired) electrons. The van der Waals surface area contributed by atoms with Crippen molar-refractivity contribution in [2.45, 2.75) is 39.8 Å². The number of aliphatic hydroxyl groups is 1. The molecule has 0 saturated heterocycles. The lowest BCUT2D eigenvalue weighted by Gasteiger charge is -2.24. The van der Waals surface area contributed by atoms with Gasteiger partial charge in [0.25, 0.3) is 0 Å². The first-order chi connectivity index (χ1) is 12.1. The highest BCUT2D eigenvalue weighted by Crippen LogP contribution is 2.25. The Balaban J connectivity index is 2.14. The first-order valence-corrected chi connectivity index (χ1v) is 10.5. The number of aliphatic hydroxyl groups excluding tert-OH is 1. The highest BCUT2D eigenvalue weighted by molar-refractivity contribution is 7.87. The van der Waals surface area contributed by atoms with Gasteiger partial charge in [-0.15, -0.1) is 11.3 Å². The minimum atomic E-state index is -4.28. The molecule has 1 unspecified atom stereocenters. The molecule has 9 heteroatoms. The first kappa shape index (κ1) is 20.8. The van der Waals surface area contributed by atoms with Crippen molar-refractivity contribution in [2.75, 3.05) is 11.3 Å². The van der Waals surface area contributed by atoms with Crippen molar-refractivity contribution in [3.05, 3.63) is 45.9 Å². The molecule has 0 aliphatic carbocycles. The minimum Gasteiger partial charge on any atom is -0.390 e. The number of nitrogens with zero attached hydrogens (tertiary/aromatic N) is 1. The maximum Gasteiger partial charge on any atom is 0.357 e. The fourth-order valence-corrected chi connectivity index (χ4v) is 3.64. The van der Waals surface area contributed by atoms with Crippen molar-refractivity contribution in [3.63, 3.8) is 0 Å². The summed E-state index contributed by atoms with van der Waals surface area (Å²) in [7, 11) is -4.28. The van der Waals surface area contributed by atoms with E-state index >= 15 is 0 Å². The summed E-state index contributed by atoms with van der Waals surface area (Å²) in [6, 6.07) is 6.80. The molecule has 1 heterocycles. The third kappa shape index (κ3) is 7.00. The number of thiazole rings is 1. The van der Waals surface area contributed by atoms with E-state index in [1.807, 2.05) is 10.1 Å². The second kappa shape index (κ2) is 8.45. The summed E-state index contributed by atoms with van der Waals surface area (Å²) in [4.78, 5) is 4.47. The predicted octanol–water partition coefficient (Wildman–Crippen LogP) is 2.77. The summed E-state index contributed by atoms with van der Waals surface area (Å²) >= 11 is 1.50. The molecule has 2 rings (SSSR count). The monoisotopic (exact) mass is 399 g/mol. The van der Waals surface area contributed by atoms with Crippen LogP contribution in [0.3, 0.4) is 0 Å². The van der Waals surface area contributed by atoms with Gasteiger partial charge >= 0.3 is 10.3 Å². The lowest BCUT2D eigenvalue weighted by atomic mass is 9.96. The highest BCUT2D eigenvalue weighted by atomic mass is 32.2. The number of anilines is 1. The van der Waals surface area contributed by atoms with Crippen molar-refractivity contribution < 1.29 is 18.1 Å². The minimum absolute atomic E-state index is 0.0140. The topological polar surface area (TPSA) is 112 Å². The molecule has 2 aromatic rings. The van der Waals surface area contributed by atoms with Crippen molar-refractivity contribution in [3.8, 4) is 0 Å². The van der Waals surface area contributed by atoms with Crippen LogP contribution in [-0.2, 0) is 23.3 Å². The van der Waals surface area contributed by atoms with E-state index < -0.39 is 10.3 Å². The zero-order valence-electron chi connectivity index (χ0n) is 15.1. The second-order valence-electron chi connectivity index (χ2n) is 7.31. The summed E-state index contributed by atoms with van der Waals surface area (Å²) in [5.74, 6) is 0. The SMILES string of the molecule is CC(C)(C)CNC(Cc1ccc(NS(=O)(=O)O)cc1)c1nc(CO)cs1. The van der Waals surface area contributed by atoms with Crippen molar-refractivity contribution in [1.29, 1.82) is 0 Å². The predicted molar refractivity (Wildman–Crippen MR) is 104 cm³/mol. The summed E-state index contributed by atoms with van der Waals surface area (Å²) in [5.41, 5.74) is 2.06. The Morgan fingerprint density at radius 3 is 2.38 bits per heavy atom.